The number of thiophene rings is 1. The lowest BCUT2D eigenvalue weighted by Crippen LogP contribution is -2.34. The third-order valence-corrected chi connectivity index (χ3v) is 6.72. The first-order valence-electron chi connectivity index (χ1n) is 9.11. The monoisotopic (exact) mass is 469 g/mol. The van der Waals surface area contributed by atoms with Crippen molar-refractivity contribution in [1.82, 2.24) is 9.66 Å². The van der Waals surface area contributed by atoms with Gasteiger partial charge in [-0.25, -0.2) is 0 Å². The minimum atomic E-state index is -0.316. The van der Waals surface area contributed by atoms with Crippen LogP contribution in [0.3, 0.4) is 0 Å². The molecule has 2 aromatic heterocycles. The molecule has 1 aliphatic carbocycles. The lowest BCUT2D eigenvalue weighted by Gasteiger charge is -2.10. The summed E-state index contributed by atoms with van der Waals surface area (Å²) in [6.45, 7) is 0.299. The van der Waals surface area contributed by atoms with Crippen LogP contribution in [0.4, 0.5) is 0 Å². The van der Waals surface area contributed by atoms with Crippen molar-refractivity contribution < 1.29 is 9.53 Å². The minimum Gasteiger partial charge on any atom is -0.492 e. The fourth-order valence-corrected chi connectivity index (χ4v) is 5.40. The number of H-pyrrole nitrogens is 1. The Labute approximate surface area is 185 Å². The van der Waals surface area contributed by atoms with E-state index in [1.807, 2.05) is 0 Å². The van der Waals surface area contributed by atoms with Gasteiger partial charge in [0, 0.05) is 16.3 Å². The van der Waals surface area contributed by atoms with Crippen molar-refractivity contribution >= 4 is 62.9 Å². The highest BCUT2D eigenvalue weighted by Gasteiger charge is 2.22. The molecule has 1 amide bonds. The quantitative estimate of drug-likeness (QED) is 0.399. The van der Waals surface area contributed by atoms with Crippen molar-refractivity contribution in [3.63, 3.8) is 0 Å². The van der Waals surface area contributed by atoms with Gasteiger partial charge in [0.25, 0.3) is 5.56 Å². The van der Waals surface area contributed by atoms with E-state index in [4.69, 9.17) is 40.2 Å². The highest BCUT2D eigenvalue weighted by molar-refractivity contribution is 7.71. The van der Waals surface area contributed by atoms with E-state index >= 15 is 0 Å². The molecule has 0 saturated carbocycles. The summed E-state index contributed by atoms with van der Waals surface area (Å²) in [5.74, 6) is 0.190. The number of hydrogen-bond donors (Lipinski definition) is 2. The number of rotatable bonds is 6. The second kappa shape index (κ2) is 8.47. The average molecular weight is 470 g/mol. The molecule has 2 N–H and O–H groups in total. The van der Waals surface area contributed by atoms with Gasteiger partial charge in [0.15, 0.2) is 0 Å². The van der Waals surface area contributed by atoms with E-state index < -0.39 is 0 Å². The molecule has 3 aromatic rings. The number of carbonyl (C=O) groups excluding carboxylic acids is 1. The van der Waals surface area contributed by atoms with E-state index in [0.717, 1.165) is 34.3 Å². The van der Waals surface area contributed by atoms with Crippen LogP contribution in [0.2, 0.25) is 10.0 Å². The number of hydrogen-bond acceptors (Lipinski definition) is 5. The minimum absolute atomic E-state index is 0.173. The van der Waals surface area contributed by atoms with Gasteiger partial charge in [-0.15, -0.1) is 11.3 Å². The first-order valence-corrected chi connectivity index (χ1v) is 11.1. The van der Waals surface area contributed by atoms with Gasteiger partial charge in [-0.1, -0.05) is 23.2 Å². The second-order valence-corrected chi connectivity index (χ2v) is 9.03. The van der Waals surface area contributed by atoms with Gasteiger partial charge in [0.1, 0.15) is 10.6 Å². The molecular weight excluding hydrogens is 453 g/mol. The number of carbonyl (C=O) groups is 1. The number of aromatic nitrogens is 2. The molecule has 2 heterocycles. The van der Waals surface area contributed by atoms with E-state index in [1.165, 1.54) is 4.88 Å². The molecule has 0 spiro atoms. The number of aryl methyl sites for hydroxylation is 2. The summed E-state index contributed by atoms with van der Waals surface area (Å²) in [6, 6.07) is 4.95. The van der Waals surface area contributed by atoms with Gasteiger partial charge in [-0.3, -0.25) is 15.0 Å². The number of nitrogens with zero attached hydrogens (tertiary/aromatic N) is 1. The fourth-order valence-electron chi connectivity index (χ4n) is 3.36. The molecule has 0 atom stereocenters. The maximum Gasteiger partial charge on any atom is 0.282 e. The molecule has 0 unspecified atom stereocenters. The number of amides is 1. The number of fused-ring (bicyclic) bond motifs is 3. The Morgan fingerprint density at radius 1 is 1.34 bits per heavy atom. The molecule has 10 heteroatoms. The van der Waals surface area contributed by atoms with Gasteiger partial charge < -0.3 is 9.72 Å². The van der Waals surface area contributed by atoms with Crippen molar-refractivity contribution in [3.05, 3.63) is 53.8 Å². The van der Waals surface area contributed by atoms with Crippen molar-refractivity contribution in [2.75, 3.05) is 12.0 Å². The van der Waals surface area contributed by atoms with E-state index in [2.05, 4.69) is 10.4 Å². The van der Waals surface area contributed by atoms with Crippen LogP contribution in [0.5, 0.6) is 5.75 Å². The van der Waals surface area contributed by atoms with Gasteiger partial charge in [-0.05, 0) is 61.7 Å². The molecule has 0 saturated heterocycles. The standard InChI is InChI=1S/C19H17Cl2N3O3S2/c20-10-6-7-13(12(21)9-10)27-8-2-5-15(25)23-24-18(26)16-11-3-1-4-14(11)29-17(16)22-19(24)28/h6-7,9H,1-5,8H2,(H,22,28)(H,23,25). The van der Waals surface area contributed by atoms with Crippen molar-refractivity contribution in [2.24, 2.45) is 0 Å². The SMILES string of the molecule is O=C(CCCOc1ccc(Cl)cc1Cl)Nn1c(=S)[nH]c2sc3c(c2c1=O)CCC3. The first-order chi connectivity index (χ1) is 13.9. The maximum absolute atomic E-state index is 12.9. The summed E-state index contributed by atoms with van der Waals surface area (Å²) < 4.78 is 6.88. The van der Waals surface area contributed by atoms with E-state index in [-0.39, 0.29) is 22.7 Å². The van der Waals surface area contributed by atoms with Gasteiger partial charge >= 0.3 is 0 Å². The molecular formula is C19H17Cl2N3O3S2. The van der Waals surface area contributed by atoms with E-state index in [0.29, 0.717) is 34.2 Å². The molecule has 0 fully saturated rings. The van der Waals surface area contributed by atoms with Crippen LogP contribution in [0.15, 0.2) is 23.0 Å². The zero-order valence-corrected chi connectivity index (χ0v) is 18.4. The Morgan fingerprint density at radius 3 is 2.97 bits per heavy atom. The smallest absolute Gasteiger partial charge is 0.282 e. The summed E-state index contributed by atoms with van der Waals surface area (Å²) >= 11 is 18.7. The zero-order valence-electron chi connectivity index (χ0n) is 15.2. The highest BCUT2D eigenvalue weighted by Crippen LogP contribution is 2.34. The van der Waals surface area contributed by atoms with Gasteiger partial charge in [0.05, 0.1) is 17.0 Å². The molecule has 1 aromatic carbocycles. The topological polar surface area (TPSA) is 76.1 Å². The summed E-state index contributed by atoms with van der Waals surface area (Å²) in [5.41, 5.74) is 3.41. The van der Waals surface area contributed by atoms with E-state index in [9.17, 15) is 9.59 Å². The molecule has 1 aliphatic rings. The van der Waals surface area contributed by atoms with Crippen LogP contribution < -0.4 is 15.7 Å². The first kappa shape index (κ1) is 20.4. The average Bonchev–Trinajstić information content (AvgIpc) is 3.24. The van der Waals surface area contributed by atoms with Crippen LogP contribution >= 0.6 is 46.8 Å². The normalized spacial score (nSPS) is 12.9. The Morgan fingerprint density at radius 2 is 2.17 bits per heavy atom. The molecule has 29 heavy (non-hydrogen) atoms. The van der Waals surface area contributed by atoms with Gasteiger partial charge in [-0.2, -0.15) is 4.68 Å². The molecule has 4 rings (SSSR count). The number of nitrogens with one attached hydrogen (secondary N) is 2. The molecule has 0 bridgehead atoms. The number of aromatic amines is 1. The molecule has 152 valence electrons. The summed E-state index contributed by atoms with van der Waals surface area (Å²) in [6.07, 6.45) is 3.54. The molecule has 0 radical (unpaired) electrons. The number of halogens is 2. The van der Waals surface area contributed by atoms with Crippen LogP contribution in [0.1, 0.15) is 29.7 Å². The maximum atomic E-state index is 12.9. The van der Waals surface area contributed by atoms with Crippen LogP contribution in [-0.2, 0) is 17.6 Å². The predicted octanol–water partition coefficient (Wildman–Crippen LogP) is 4.85. The third kappa shape index (κ3) is 4.21. The largest absolute Gasteiger partial charge is 0.492 e. The lowest BCUT2D eigenvalue weighted by molar-refractivity contribution is -0.117. The Bertz CT molecular complexity index is 1220. The Kier molecular flexibility index (Phi) is 5.96. The zero-order chi connectivity index (χ0) is 20.5. The fraction of sp³-hybridized carbons (Fsp3) is 0.316. The summed E-state index contributed by atoms with van der Waals surface area (Å²) in [5, 5.41) is 1.57. The predicted molar refractivity (Wildman–Crippen MR) is 119 cm³/mol. The van der Waals surface area contributed by atoms with Crippen LogP contribution in [0, 0.1) is 4.77 Å². The third-order valence-electron chi connectivity index (χ3n) is 4.70. The molecule has 0 aliphatic heterocycles. The van der Waals surface area contributed by atoms with Crippen LogP contribution in [-0.4, -0.2) is 22.2 Å². The highest BCUT2D eigenvalue weighted by atomic mass is 35.5. The summed E-state index contributed by atoms with van der Waals surface area (Å²) in [7, 11) is 0. The molecule has 6 nitrogen and oxygen atoms in total. The Balaban J connectivity index is 1.40. The lowest BCUT2D eigenvalue weighted by atomic mass is 10.2. The number of ether oxygens (including phenoxy) is 1. The van der Waals surface area contributed by atoms with Crippen LogP contribution in [0.25, 0.3) is 10.2 Å². The van der Waals surface area contributed by atoms with Crippen molar-refractivity contribution in [3.8, 4) is 5.75 Å². The number of benzene rings is 1. The van der Waals surface area contributed by atoms with Crippen molar-refractivity contribution in [1.29, 1.82) is 0 Å². The van der Waals surface area contributed by atoms with Gasteiger partial charge in [0.2, 0.25) is 10.7 Å². The Hall–Kier alpha value is -1.87. The van der Waals surface area contributed by atoms with Crippen molar-refractivity contribution in [2.45, 2.75) is 32.1 Å². The second-order valence-electron chi connectivity index (χ2n) is 6.69. The summed E-state index contributed by atoms with van der Waals surface area (Å²) in [4.78, 5) is 30.3. The van der Waals surface area contributed by atoms with E-state index in [1.54, 1.807) is 29.5 Å².